The second kappa shape index (κ2) is 4.85. The summed E-state index contributed by atoms with van der Waals surface area (Å²) in [4.78, 5) is 15.2. The van der Waals surface area contributed by atoms with E-state index in [1.54, 1.807) is 0 Å². The molecule has 1 aromatic heterocycles. The molecule has 0 bridgehead atoms. The first-order chi connectivity index (χ1) is 8.70. The molecule has 0 saturated heterocycles. The van der Waals surface area contributed by atoms with Crippen molar-refractivity contribution < 1.29 is 9.90 Å². The minimum atomic E-state index is -1.77. The van der Waals surface area contributed by atoms with E-state index < -0.39 is 9.76 Å². The van der Waals surface area contributed by atoms with Gasteiger partial charge in [0.25, 0.3) is 0 Å². The van der Waals surface area contributed by atoms with Crippen LogP contribution in [0.15, 0.2) is 12.1 Å². The Morgan fingerprint density at radius 3 is 2.42 bits per heavy atom. The molecule has 0 aliphatic rings. The van der Waals surface area contributed by atoms with E-state index >= 15 is 0 Å². The number of hydrogen-bond donors (Lipinski definition) is 1. The third-order valence-electron chi connectivity index (χ3n) is 2.91. The molecule has 1 heterocycles. The van der Waals surface area contributed by atoms with Gasteiger partial charge < -0.3 is 9.67 Å². The summed E-state index contributed by atoms with van der Waals surface area (Å²) in [6.45, 7) is 3.57. The fourth-order valence-electron chi connectivity index (χ4n) is 1.89. The molecule has 0 radical (unpaired) electrons. The second-order valence-electron chi connectivity index (χ2n) is 4.34. The monoisotopic (exact) mass is 320 g/mol. The van der Waals surface area contributed by atoms with Crippen LogP contribution in [0, 0.1) is 13.8 Å². The average molecular weight is 322 g/mol. The summed E-state index contributed by atoms with van der Waals surface area (Å²) in [7, 11) is 0. The number of carbonyl (C=O) groups is 1. The quantitative estimate of drug-likeness (QED) is 0.860. The Kier molecular flexibility index (Phi) is 3.69. The van der Waals surface area contributed by atoms with Crippen LogP contribution < -0.4 is 0 Å². The van der Waals surface area contributed by atoms with E-state index in [0.717, 1.165) is 11.1 Å². The van der Waals surface area contributed by atoms with Crippen LogP contribution in [0.5, 0.6) is 0 Å². The van der Waals surface area contributed by atoms with Crippen LogP contribution in [0.25, 0.3) is 11.0 Å². The Balaban J connectivity index is 2.77. The van der Waals surface area contributed by atoms with Gasteiger partial charge in [-0.3, -0.25) is 4.79 Å². The SMILES string of the molecule is Cc1cc2nc(C(Cl)(Cl)Cl)n(CC(=O)O)c2cc1C. The summed E-state index contributed by atoms with van der Waals surface area (Å²) in [6.07, 6.45) is 0. The van der Waals surface area contributed by atoms with Crippen molar-refractivity contribution in [2.75, 3.05) is 0 Å². The molecule has 0 atom stereocenters. The number of aryl methyl sites for hydroxylation is 2. The first-order valence-electron chi connectivity index (χ1n) is 5.46. The number of rotatable bonds is 2. The molecule has 1 N–H and O–H groups in total. The molecule has 0 fully saturated rings. The Bertz CT molecular complexity index is 659. The number of carboxylic acid groups (broad SMARTS) is 1. The summed E-state index contributed by atoms with van der Waals surface area (Å²) in [5.41, 5.74) is 3.33. The van der Waals surface area contributed by atoms with E-state index in [1.807, 2.05) is 26.0 Å². The van der Waals surface area contributed by atoms with Gasteiger partial charge in [0.1, 0.15) is 6.54 Å². The van der Waals surface area contributed by atoms with Gasteiger partial charge in [-0.2, -0.15) is 0 Å². The van der Waals surface area contributed by atoms with Gasteiger partial charge in [0.05, 0.1) is 11.0 Å². The van der Waals surface area contributed by atoms with E-state index in [1.165, 1.54) is 4.57 Å². The van der Waals surface area contributed by atoms with Crippen LogP contribution >= 0.6 is 34.8 Å². The fraction of sp³-hybridized carbons (Fsp3) is 0.333. The first kappa shape index (κ1) is 14.4. The van der Waals surface area contributed by atoms with E-state index in [4.69, 9.17) is 39.9 Å². The van der Waals surface area contributed by atoms with Crippen LogP contribution in [0.4, 0.5) is 0 Å². The van der Waals surface area contributed by atoms with Crippen molar-refractivity contribution in [3.8, 4) is 0 Å². The molecule has 4 nitrogen and oxygen atoms in total. The maximum atomic E-state index is 11.0. The van der Waals surface area contributed by atoms with Crippen LogP contribution in [0.1, 0.15) is 17.0 Å². The number of aromatic nitrogens is 2. The standard InChI is InChI=1S/C12H11Cl3N2O2/c1-6-3-8-9(4-7(6)2)17(5-10(18)19)11(16-8)12(13,14)15/h3-4H,5H2,1-2H3,(H,18,19). The number of carboxylic acids is 1. The summed E-state index contributed by atoms with van der Waals surface area (Å²) >= 11 is 17.6. The number of benzene rings is 1. The molecule has 0 amide bonds. The van der Waals surface area contributed by atoms with E-state index in [0.29, 0.717) is 11.0 Å². The van der Waals surface area contributed by atoms with E-state index in [-0.39, 0.29) is 12.4 Å². The maximum Gasteiger partial charge on any atom is 0.323 e. The minimum Gasteiger partial charge on any atom is -0.480 e. The molecule has 0 saturated carbocycles. The molecule has 1 aromatic carbocycles. The number of nitrogens with zero attached hydrogens (tertiary/aromatic N) is 2. The number of imidazole rings is 1. The second-order valence-corrected chi connectivity index (χ2v) is 6.62. The van der Waals surface area contributed by atoms with Crippen molar-refractivity contribution in [3.05, 3.63) is 29.1 Å². The summed E-state index contributed by atoms with van der Waals surface area (Å²) in [5, 5.41) is 8.98. The zero-order chi connectivity index (χ0) is 14.4. The van der Waals surface area contributed by atoms with Crippen LogP contribution in [-0.4, -0.2) is 20.6 Å². The molecule has 0 unspecified atom stereocenters. The van der Waals surface area contributed by atoms with Crippen molar-refractivity contribution in [2.24, 2.45) is 0 Å². The number of alkyl halides is 3. The minimum absolute atomic E-state index is 0.111. The van der Waals surface area contributed by atoms with Crippen molar-refractivity contribution in [3.63, 3.8) is 0 Å². The fourth-order valence-corrected chi connectivity index (χ4v) is 2.32. The zero-order valence-corrected chi connectivity index (χ0v) is 12.5. The Morgan fingerprint density at radius 2 is 1.89 bits per heavy atom. The Labute approximate surface area is 124 Å². The Morgan fingerprint density at radius 1 is 1.32 bits per heavy atom. The molecule has 102 valence electrons. The predicted octanol–water partition coefficient (Wildman–Crippen LogP) is 3.56. The van der Waals surface area contributed by atoms with Crippen molar-refractivity contribution >= 4 is 51.8 Å². The summed E-state index contributed by atoms with van der Waals surface area (Å²) in [6, 6.07) is 3.70. The van der Waals surface area contributed by atoms with Gasteiger partial charge in [0.15, 0.2) is 5.82 Å². The number of aliphatic carboxylic acids is 1. The first-order valence-corrected chi connectivity index (χ1v) is 6.60. The normalized spacial score (nSPS) is 12.1. The van der Waals surface area contributed by atoms with Crippen molar-refractivity contribution in [1.29, 1.82) is 0 Å². The maximum absolute atomic E-state index is 11.0. The molecule has 7 heteroatoms. The molecule has 19 heavy (non-hydrogen) atoms. The van der Waals surface area contributed by atoms with Gasteiger partial charge in [-0.05, 0) is 37.1 Å². The zero-order valence-electron chi connectivity index (χ0n) is 10.2. The third kappa shape index (κ3) is 2.81. The topological polar surface area (TPSA) is 55.1 Å². The number of halogens is 3. The Hall–Kier alpha value is -0.970. The van der Waals surface area contributed by atoms with Gasteiger partial charge in [-0.25, -0.2) is 4.98 Å². The molecule has 0 spiro atoms. The van der Waals surface area contributed by atoms with Crippen molar-refractivity contribution in [2.45, 2.75) is 24.2 Å². The third-order valence-corrected chi connectivity index (χ3v) is 3.42. The lowest BCUT2D eigenvalue weighted by atomic mass is 10.1. The molecule has 0 aliphatic carbocycles. The highest BCUT2D eigenvalue weighted by Crippen LogP contribution is 2.39. The molecule has 2 aromatic rings. The van der Waals surface area contributed by atoms with Crippen LogP contribution in [0.3, 0.4) is 0 Å². The number of fused-ring (bicyclic) bond motifs is 1. The van der Waals surface area contributed by atoms with Gasteiger partial charge >= 0.3 is 5.97 Å². The van der Waals surface area contributed by atoms with Crippen LogP contribution in [0.2, 0.25) is 0 Å². The summed E-state index contributed by atoms with van der Waals surface area (Å²) < 4.78 is -0.354. The average Bonchev–Trinajstić information content (AvgIpc) is 2.57. The number of hydrogen-bond acceptors (Lipinski definition) is 2. The molecular weight excluding hydrogens is 311 g/mol. The predicted molar refractivity (Wildman–Crippen MR) is 76.1 cm³/mol. The van der Waals surface area contributed by atoms with E-state index in [2.05, 4.69) is 4.98 Å². The molecule has 0 aliphatic heterocycles. The lowest BCUT2D eigenvalue weighted by Crippen LogP contribution is -2.16. The van der Waals surface area contributed by atoms with Crippen LogP contribution in [-0.2, 0) is 15.1 Å². The largest absolute Gasteiger partial charge is 0.480 e. The highest BCUT2D eigenvalue weighted by molar-refractivity contribution is 6.66. The van der Waals surface area contributed by atoms with E-state index in [9.17, 15) is 4.79 Å². The summed E-state index contributed by atoms with van der Waals surface area (Å²) in [5.74, 6) is -0.909. The molecular formula is C12H11Cl3N2O2. The van der Waals surface area contributed by atoms with Gasteiger partial charge in [0, 0.05) is 0 Å². The smallest absolute Gasteiger partial charge is 0.323 e. The lowest BCUT2D eigenvalue weighted by Gasteiger charge is -2.12. The highest BCUT2D eigenvalue weighted by Gasteiger charge is 2.31. The van der Waals surface area contributed by atoms with Gasteiger partial charge in [-0.15, -0.1) is 0 Å². The van der Waals surface area contributed by atoms with Gasteiger partial charge in [-0.1, -0.05) is 34.8 Å². The van der Waals surface area contributed by atoms with Crippen molar-refractivity contribution in [1.82, 2.24) is 9.55 Å². The highest BCUT2D eigenvalue weighted by atomic mass is 35.6. The lowest BCUT2D eigenvalue weighted by molar-refractivity contribution is -0.137. The van der Waals surface area contributed by atoms with Gasteiger partial charge in [0.2, 0.25) is 3.79 Å². The molecule has 2 rings (SSSR count).